The number of aliphatic hydroxyl groups excluding tert-OH is 2. The maximum absolute atomic E-state index is 13.9. The number of benzene rings is 2. The van der Waals surface area contributed by atoms with Crippen LogP contribution >= 0.6 is 0 Å². The average molecular weight is 847 g/mol. The van der Waals surface area contributed by atoms with E-state index >= 15 is 0 Å². The second-order valence-corrected chi connectivity index (χ2v) is 17.6. The summed E-state index contributed by atoms with van der Waals surface area (Å²) >= 11 is 0. The molecule has 2 aromatic rings. The van der Waals surface area contributed by atoms with Crippen molar-refractivity contribution in [3.05, 3.63) is 88.5 Å². The van der Waals surface area contributed by atoms with Gasteiger partial charge < -0.3 is 49.3 Å². The van der Waals surface area contributed by atoms with E-state index in [1.165, 1.54) is 31.2 Å². The summed E-state index contributed by atoms with van der Waals surface area (Å²) in [7, 11) is 0. The first-order valence-corrected chi connectivity index (χ1v) is 20.4. The number of esters is 4. The summed E-state index contributed by atoms with van der Waals surface area (Å²) < 4.78 is 34.8. The first-order chi connectivity index (χ1) is 28.7. The van der Waals surface area contributed by atoms with Crippen molar-refractivity contribution in [1.82, 2.24) is 10.6 Å². The zero-order chi connectivity index (χ0) is 44.3. The van der Waals surface area contributed by atoms with E-state index in [0.717, 1.165) is 11.1 Å². The molecular formula is C45H54N2O14. The van der Waals surface area contributed by atoms with Crippen LogP contribution in [-0.4, -0.2) is 113 Å². The maximum Gasteiger partial charge on any atom is 0.348 e. The van der Waals surface area contributed by atoms with E-state index in [0.29, 0.717) is 18.4 Å². The normalized spacial score (nSPS) is 23.8. The molecule has 2 fully saturated rings. The summed E-state index contributed by atoms with van der Waals surface area (Å²) in [5, 5.41) is 25.7. The highest BCUT2D eigenvalue weighted by atomic mass is 16.8. The second-order valence-electron chi connectivity index (χ2n) is 17.6. The summed E-state index contributed by atoms with van der Waals surface area (Å²) in [5.74, 6) is -5.15. The third kappa shape index (κ3) is 11.1. The van der Waals surface area contributed by atoms with Gasteiger partial charge in [-0.05, 0) is 75.1 Å². The molecule has 328 valence electrons. The van der Waals surface area contributed by atoms with Crippen molar-refractivity contribution in [3.8, 4) is 0 Å². The van der Waals surface area contributed by atoms with Gasteiger partial charge >= 0.3 is 23.9 Å². The highest BCUT2D eigenvalue weighted by Crippen LogP contribution is 2.45. The van der Waals surface area contributed by atoms with E-state index in [-0.39, 0.29) is 37.0 Å². The predicted molar refractivity (Wildman–Crippen MR) is 216 cm³/mol. The van der Waals surface area contributed by atoms with Crippen LogP contribution in [-0.2, 0) is 65.2 Å². The van der Waals surface area contributed by atoms with Crippen LogP contribution < -0.4 is 10.6 Å². The Hall–Kier alpha value is -5.42. The van der Waals surface area contributed by atoms with E-state index in [1.54, 1.807) is 52.8 Å². The number of aliphatic hydroxyl groups is 2. The lowest BCUT2D eigenvalue weighted by Gasteiger charge is -2.31. The number of nitrogens with one attached hydrogen (secondary N) is 2. The molecule has 1 spiro atoms. The number of fused-ring (bicyclic) bond motifs is 2. The predicted octanol–water partition coefficient (Wildman–Crippen LogP) is 2.79. The summed E-state index contributed by atoms with van der Waals surface area (Å²) in [6.45, 7) is 9.65. The Bertz CT molecular complexity index is 2040. The third-order valence-electron chi connectivity index (χ3n) is 10.8. The van der Waals surface area contributed by atoms with Crippen LogP contribution in [0.25, 0.3) is 6.08 Å². The van der Waals surface area contributed by atoms with Crippen LogP contribution in [0, 0.1) is 5.41 Å². The molecule has 4 aliphatic rings. The summed E-state index contributed by atoms with van der Waals surface area (Å²) in [6, 6.07) is 11.7. The van der Waals surface area contributed by atoms with Gasteiger partial charge in [0.05, 0.1) is 24.3 Å². The van der Waals surface area contributed by atoms with E-state index in [4.69, 9.17) is 28.4 Å². The topological polar surface area (TPSA) is 222 Å². The van der Waals surface area contributed by atoms with Crippen LogP contribution in [0.3, 0.4) is 0 Å². The van der Waals surface area contributed by atoms with Crippen LogP contribution in [0.1, 0.15) is 87.9 Å². The van der Waals surface area contributed by atoms with Crippen LogP contribution in [0.15, 0.2) is 66.3 Å². The molecule has 2 aliphatic heterocycles. The Morgan fingerprint density at radius 2 is 1.64 bits per heavy atom. The van der Waals surface area contributed by atoms with Gasteiger partial charge in [-0.1, -0.05) is 50.2 Å². The van der Waals surface area contributed by atoms with Gasteiger partial charge in [0, 0.05) is 42.7 Å². The molecule has 2 amide bonds. The number of rotatable bonds is 14. The number of carbonyl (C=O) groups is 6. The fraction of sp³-hybridized carbons (Fsp3) is 0.511. The number of amides is 2. The molecule has 7 atom stereocenters. The van der Waals surface area contributed by atoms with Crippen molar-refractivity contribution in [1.29, 1.82) is 0 Å². The Morgan fingerprint density at radius 1 is 0.967 bits per heavy atom. The molecular weight excluding hydrogens is 792 g/mol. The Balaban J connectivity index is 1.14. The SMILES string of the molecule is CC(O)C(NC(=O)C1=CC2OC3(Cc4ccccc4C3)OC2C(OC(=O)c2ccc(C=CC(=O)OC3C(=O)OCC3(C)C)cc2)C1)C(=O)NC(CO)CCC(=O)OC(C)(C)C. The van der Waals surface area contributed by atoms with Crippen molar-refractivity contribution in [2.75, 3.05) is 13.2 Å². The molecule has 2 aliphatic carbocycles. The molecule has 0 saturated carbocycles. The third-order valence-corrected chi connectivity index (χ3v) is 10.8. The molecule has 16 heteroatoms. The van der Waals surface area contributed by atoms with Crippen LogP contribution in [0.4, 0.5) is 0 Å². The van der Waals surface area contributed by atoms with Gasteiger partial charge in [0.1, 0.15) is 36.6 Å². The quantitative estimate of drug-likeness (QED) is 0.122. The molecule has 2 heterocycles. The summed E-state index contributed by atoms with van der Waals surface area (Å²) in [5.41, 5.74) is 1.57. The van der Waals surface area contributed by atoms with Crippen LogP contribution in [0.5, 0.6) is 0 Å². The molecule has 61 heavy (non-hydrogen) atoms. The number of hydrogen-bond donors (Lipinski definition) is 4. The molecule has 0 aromatic heterocycles. The van der Waals surface area contributed by atoms with E-state index < -0.39 is 102 Å². The highest BCUT2D eigenvalue weighted by molar-refractivity contribution is 5.98. The lowest BCUT2D eigenvalue weighted by atomic mass is 9.90. The zero-order valence-corrected chi connectivity index (χ0v) is 35.1. The van der Waals surface area contributed by atoms with Gasteiger partial charge in [-0.15, -0.1) is 0 Å². The minimum atomic E-state index is -1.46. The average Bonchev–Trinajstić information content (AvgIpc) is 3.83. The largest absolute Gasteiger partial charge is 0.462 e. The van der Waals surface area contributed by atoms with E-state index in [2.05, 4.69) is 10.6 Å². The maximum atomic E-state index is 13.9. The Morgan fingerprint density at radius 3 is 2.23 bits per heavy atom. The lowest BCUT2D eigenvalue weighted by molar-refractivity contribution is -0.172. The highest BCUT2D eigenvalue weighted by Gasteiger charge is 2.55. The molecule has 0 radical (unpaired) electrons. The monoisotopic (exact) mass is 846 g/mol. The zero-order valence-electron chi connectivity index (χ0n) is 35.1. The molecule has 2 saturated heterocycles. The van der Waals surface area contributed by atoms with Crippen molar-refractivity contribution in [3.63, 3.8) is 0 Å². The Kier molecular flexibility index (Phi) is 13.5. The standard InChI is InChI=1S/C45H54N2O14/c1-25(49)36(40(53)46-31(23-48)16-18-35(51)60-43(2,3)4)47-39(52)30-19-32(37-33(20-30)59-45(61-37)21-28-9-7-8-10-29(28)22-45)57-41(54)27-14-11-26(12-15-27)13-17-34(50)58-38-42(55)56-24-44(38,5)6/h7-15,17,20,25,31-33,36-38,48-49H,16,18-19,21-24H2,1-6H3,(H,46,53)(H,47,52). The molecule has 2 aromatic carbocycles. The van der Waals surface area contributed by atoms with Gasteiger partial charge in [0.2, 0.25) is 17.9 Å². The smallest absolute Gasteiger partial charge is 0.348 e. The molecule has 16 nitrogen and oxygen atoms in total. The first-order valence-electron chi connectivity index (χ1n) is 20.4. The van der Waals surface area contributed by atoms with Crippen molar-refractivity contribution in [2.24, 2.45) is 5.41 Å². The van der Waals surface area contributed by atoms with Gasteiger partial charge in [-0.2, -0.15) is 0 Å². The lowest BCUT2D eigenvalue weighted by Crippen LogP contribution is -2.55. The van der Waals surface area contributed by atoms with E-state index in [1.807, 2.05) is 24.3 Å². The molecule has 7 unspecified atom stereocenters. The van der Waals surface area contributed by atoms with Gasteiger partial charge in [-0.25, -0.2) is 14.4 Å². The Labute approximate surface area is 353 Å². The van der Waals surface area contributed by atoms with Crippen molar-refractivity contribution >= 4 is 41.8 Å². The second kappa shape index (κ2) is 18.3. The number of cyclic esters (lactones) is 1. The van der Waals surface area contributed by atoms with Gasteiger partial charge in [-0.3, -0.25) is 14.4 Å². The molecule has 4 N–H and O–H groups in total. The fourth-order valence-corrected chi connectivity index (χ4v) is 7.68. The minimum absolute atomic E-state index is 0.0499. The van der Waals surface area contributed by atoms with E-state index in [9.17, 15) is 39.0 Å². The number of carbonyl (C=O) groups excluding carboxylic acids is 6. The fourth-order valence-electron chi connectivity index (χ4n) is 7.68. The summed E-state index contributed by atoms with van der Waals surface area (Å²) in [4.78, 5) is 77.7. The number of hydrogen-bond acceptors (Lipinski definition) is 14. The summed E-state index contributed by atoms with van der Waals surface area (Å²) in [6.07, 6.45) is -0.0898. The van der Waals surface area contributed by atoms with Crippen molar-refractivity contribution in [2.45, 2.75) is 128 Å². The minimum Gasteiger partial charge on any atom is -0.462 e. The molecule has 0 bridgehead atoms. The number of ether oxygens (including phenoxy) is 6. The van der Waals surface area contributed by atoms with Crippen LogP contribution in [0.2, 0.25) is 0 Å². The van der Waals surface area contributed by atoms with Gasteiger partial charge in [0.25, 0.3) is 0 Å². The molecule has 6 rings (SSSR count). The first kappa shape index (κ1) is 45.1. The van der Waals surface area contributed by atoms with Crippen molar-refractivity contribution < 1.29 is 67.4 Å². The van der Waals surface area contributed by atoms with Gasteiger partial charge in [0.15, 0.2) is 5.79 Å².